The summed E-state index contributed by atoms with van der Waals surface area (Å²) in [6.07, 6.45) is 3.01. The molecule has 9 nitrogen and oxygen atoms in total. The Balaban J connectivity index is 1.66. The number of ether oxygens (including phenoxy) is 1. The Bertz CT molecular complexity index is 1380. The fourth-order valence-corrected chi connectivity index (χ4v) is 3.53. The predicted octanol–water partition coefficient (Wildman–Crippen LogP) is 2.02. The number of hydrogen-bond acceptors (Lipinski definition) is 7. The Labute approximate surface area is 189 Å². The number of benzene rings is 2. The van der Waals surface area contributed by atoms with E-state index in [0.29, 0.717) is 22.3 Å². The first-order valence-electron chi connectivity index (χ1n) is 10.2. The quantitative estimate of drug-likeness (QED) is 0.414. The highest BCUT2D eigenvalue weighted by molar-refractivity contribution is 5.94. The number of anilines is 1. The standard InChI is InChI=1S/C24H23N5O4/c1-14-18(4-3-5-21(14)33-2)15-6-8-19-16(10-15)11-27-29(24(19)32)22-9-7-17(12-26-22)28-23(31)20(25)13-30/h3-12,20,30H,13,25H2,1-2H3,(H,28,31)/t20-/m0/s1. The lowest BCUT2D eigenvalue weighted by Crippen LogP contribution is -2.38. The van der Waals surface area contributed by atoms with Crippen molar-refractivity contribution in [2.75, 3.05) is 19.0 Å². The minimum absolute atomic E-state index is 0.305. The number of aromatic nitrogens is 3. The van der Waals surface area contributed by atoms with E-state index < -0.39 is 18.6 Å². The summed E-state index contributed by atoms with van der Waals surface area (Å²) in [5.41, 5.74) is 8.54. The van der Waals surface area contributed by atoms with Crippen LogP contribution in [0.15, 0.2) is 65.7 Å². The molecule has 1 atom stereocenters. The van der Waals surface area contributed by atoms with Gasteiger partial charge in [-0.25, -0.2) is 4.98 Å². The molecular formula is C24H23N5O4. The van der Waals surface area contributed by atoms with Crippen molar-refractivity contribution in [1.29, 1.82) is 0 Å². The number of aliphatic hydroxyl groups excluding tert-OH is 1. The molecule has 0 saturated carbocycles. The number of rotatable bonds is 6. The Hall–Kier alpha value is -4.08. The van der Waals surface area contributed by atoms with E-state index in [-0.39, 0.29) is 5.56 Å². The largest absolute Gasteiger partial charge is 0.496 e. The third-order valence-corrected chi connectivity index (χ3v) is 5.37. The summed E-state index contributed by atoms with van der Waals surface area (Å²) in [5, 5.41) is 17.0. The summed E-state index contributed by atoms with van der Waals surface area (Å²) >= 11 is 0. The first-order valence-corrected chi connectivity index (χ1v) is 10.2. The van der Waals surface area contributed by atoms with Gasteiger partial charge in [0.15, 0.2) is 5.82 Å². The van der Waals surface area contributed by atoms with Gasteiger partial charge in [-0.1, -0.05) is 18.2 Å². The van der Waals surface area contributed by atoms with Gasteiger partial charge in [0.25, 0.3) is 5.56 Å². The van der Waals surface area contributed by atoms with Crippen LogP contribution in [0.3, 0.4) is 0 Å². The lowest BCUT2D eigenvalue weighted by Gasteiger charge is -2.12. The Morgan fingerprint density at radius 1 is 1.21 bits per heavy atom. The zero-order valence-corrected chi connectivity index (χ0v) is 18.1. The Morgan fingerprint density at radius 2 is 2.03 bits per heavy atom. The number of aliphatic hydroxyl groups is 1. The zero-order chi connectivity index (χ0) is 23.5. The van der Waals surface area contributed by atoms with Crippen LogP contribution in [0.5, 0.6) is 5.75 Å². The molecule has 0 spiro atoms. The third kappa shape index (κ3) is 4.32. The number of hydrogen-bond donors (Lipinski definition) is 3. The molecule has 4 rings (SSSR count). The van der Waals surface area contributed by atoms with E-state index in [0.717, 1.165) is 22.4 Å². The smallest absolute Gasteiger partial charge is 0.280 e. The van der Waals surface area contributed by atoms with E-state index in [1.54, 1.807) is 31.5 Å². The normalized spacial score (nSPS) is 11.9. The van der Waals surface area contributed by atoms with Crippen LogP contribution in [0.2, 0.25) is 0 Å². The highest BCUT2D eigenvalue weighted by Crippen LogP contribution is 2.31. The van der Waals surface area contributed by atoms with Gasteiger partial charge in [-0.2, -0.15) is 9.78 Å². The minimum Gasteiger partial charge on any atom is -0.496 e. The average Bonchev–Trinajstić information content (AvgIpc) is 2.84. The second kappa shape index (κ2) is 9.19. The minimum atomic E-state index is -1.03. The molecule has 2 heterocycles. The van der Waals surface area contributed by atoms with E-state index >= 15 is 0 Å². The lowest BCUT2D eigenvalue weighted by atomic mass is 9.98. The molecule has 2 aromatic heterocycles. The lowest BCUT2D eigenvalue weighted by molar-refractivity contribution is -0.118. The number of amides is 1. The first-order chi connectivity index (χ1) is 15.9. The summed E-state index contributed by atoms with van der Waals surface area (Å²) in [5.74, 6) is 0.569. The summed E-state index contributed by atoms with van der Waals surface area (Å²) in [6, 6.07) is 13.5. The van der Waals surface area contributed by atoms with Crippen LogP contribution in [0, 0.1) is 6.92 Å². The maximum Gasteiger partial charge on any atom is 0.280 e. The molecule has 0 fully saturated rings. The Morgan fingerprint density at radius 3 is 2.73 bits per heavy atom. The van der Waals surface area contributed by atoms with E-state index in [1.165, 1.54) is 10.9 Å². The summed E-state index contributed by atoms with van der Waals surface area (Å²) in [7, 11) is 1.64. The third-order valence-electron chi connectivity index (χ3n) is 5.37. The maximum atomic E-state index is 13.1. The number of carbonyl (C=O) groups excluding carboxylic acids is 1. The van der Waals surface area contributed by atoms with Crippen molar-refractivity contribution in [3.8, 4) is 22.7 Å². The number of methoxy groups -OCH3 is 1. The SMILES string of the molecule is COc1cccc(-c2ccc3c(=O)n(-c4ccc(NC(=O)[C@@H](N)CO)cn4)ncc3c2)c1C. The highest BCUT2D eigenvalue weighted by Gasteiger charge is 2.14. The van der Waals surface area contributed by atoms with Crippen LogP contribution in [-0.2, 0) is 4.79 Å². The number of nitrogens with zero attached hydrogens (tertiary/aromatic N) is 3. The van der Waals surface area contributed by atoms with Gasteiger partial charge in [0.05, 0.1) is 37.2 Å². The van der Waals surface area contributed by atoms with Crippen LogP contribution in [0.1, 0.15) is 5.56 Å². The van der Waals surface area contributed by atoms with Crippen molar-refractivity contribution in [3.05, 3.63) is 76.8 Å². The highest BCUT2D eigenvalue weighted by atomic mass is 16.5. The molecule has 0 aliphatic rings. The number of fused-ring (bicyclic) bond motifs is 1. The zero-order valence-electron chi connectivity index (χ0n) is 18.1. The summed E-state index contributed by atoms with van der Waals surface area (Å²) in [4.78, 5) is 29.1. The number of pyridine rings is 1. The van der Waals surface area contributed by atoms with Crippen molar-refractivity contribution >= 4 is 22.4 Å². The molecule has 0 aliphatic heterocycles. The predicted molar refractivity (Wildman–Crippen MR) is 126 cm³/mol. The molecule has 0 aliphatic carbocycles. The monoisotopic (exact) mass is 445 g/mol. The van der Waals surface area contributed by atoms with Gasteiger partial charge in [-0.05, 0) is 53.9 Å². The van der Waals surface area contributed by atoms with Crippen LogP contribution < -0.4 is 21.3 Å². The molecular weight excluding hydrogens is 422 g/mol. The number of nitrogens with two attached hydrogens (primary N) is 1. The Kier molecular flexibility index (Phi) is 6.16. The number of carbonyl (C=O) groups is 1. The molecule has 0 bridgehead atoms. The molecule has 2 aromatic carbocycles. The van der Waals surface area contributed by atoms with Gasteiger partial charge in [0.1, 0.15) is 11.8 Å². The van der Waals surface area contributed by atoms with Crippen LogP contribution in [0.25, 0.3) is 27.7 Å². The number of nitrogens with one attached hydrogen (secondary N) is 1. The topological polar surface area (TPSA) is 132 Å². The molecule has 4 aromatic rings. The fraction of sp³-hybridized carbons (Fsp3) is 0.167. The van der Waals surface area contributed by atoms with E-state index in [9.17, 15) is 9.59 Å². The van der Waals surface area contributed by atoms with Crippen molar-refractivity contribution in [2.45, 2.75) is 13.0 Å². The van der Waals surface area contributed by atoms with Gasteiger partial charge in [-0.15, -0.1) is 0 Å². The second-order valence-electron chi connectivity index (χ2n) is 7.48. The van der Waals surface area contributed by atoms with Gasteiger partial charge in [0.2, 0.25) is 5.91 Å². The van der Waals surface area contributed by atoms with E-state index in [4.69, 9.17) is 15.6 Å². The van der Waals surface area contributed by atoms with Crippen molar-refractivity contribution < 1.29 is 14.6 Å². The van der Waals surface area contributed by atoms with Crippen LogP contribution in [-0.4, -0.2) is 45.5 Å². The average molecular weight is 445 g/mol. The van der Waals surface area contributed by atoms with Crippen molar-refractivity contribution in [3.63, 3.8) is 0 Å². The fourth-order valence-electron chi connectivity index (χ4n) is 3.53. The molecule has 0 radical (unpaired) electrons. The molecule has 9 heteroatoms. The van der Waals surface area contributed by atoms with Crippen molar-refractivity contribution in [1.82, 2.24) is 14.8 Å². The molecule has 168 valence electrons. The van der Waals surface area contributed by atoms with Gasteiger partial charge in [-0.3, -0.25) is 9.59 Å². The van der Waals surface area contributed by atoms with Gasteiger partial charge < -0.3 is 20.9 Å². The van der Waals surface area contributed by atoms with Crippen molar-refractivity contribution in [2.24, 2.45) is 5.73 Å². The molecule has 1 amide bonds. The van der Waals surface area contributed by atoms with Crippen LogP contribution in [0.4, 0.5) is 5.69 Å². The summed E-state index contributed by atoms with van der Waals surface area (Å²) in [6.45, 7) is 1.52. The van der Waals surface area contributed by atoms with E-state index in [1.807, 2.05) is 37.3 Å². The molecule has 0 unspecified atom stereocenters. The van der Waals surface area contributed by atoms with Crippen LogP contribution >= 0.6 is 0 Å². The van der Waals surface area contributed by atoms with Gasteiger partial charge in [0, 0.05) is 5.39 Å². The summed E-state index contributed by atoms with van der Waals surface area (Å²) < 4.78 is 6.61. The maximum absolute atomic E-state index is 13.1. The van der Waals surface area contributed by atoms with E-state index in [2.05, 4.69) is 15.4 Å². The first kappa shape index (κ1) is 22.1. The molecule has 0 saturated heterocycles. The molecule has 33 heavy (non-hydrogen) atoms. The second-order valence-corrected chi connectivity index (χ2v) is 7.48. The molecule has 4 N–H and O–H groups in total. The van der Waals surface area contributed by atoms with Gasteiger partial charge >= 0.3 is 0 Å².